The molecule has 1 atom stereocenters. The van der Waals surface area contributed by atoms with Crippen LogP contribution in [0.4, 0.5) is 0 Å². The molecule has 0 saturated carbocycles. The average Bonchev–Trinajstić information content (AvgIpc) is 3.24. The predicted molar refractivity (Wildman–Crippen MR) is 256 cm³/mol. The van der Waals surface area contributed by atoms with Gasteiger partial charge in [-0.15, -0.1) is 0 Å². The highest BCUT2D eigenvalue weighted by atomic mass is 16.6. The Morgan fingerprint density at radius 2 is 0.650 bits per heavy atom. The standard InChI is InChI=1S/C54H94O6/c1-4-7-10-13-16-19-22-24-26-27-29-30-32-35-38-41-44-47-53(56)59-50-51(49-58-52(55)46-43-40-37-34-21-18-15-12-9-6-3)60-54(57)48-45-42-39-36-33-31-28-25-23-20-17-14-11-8-5-2/h8,11,17,20,24-26,28,33,36,51H,4-7,9-10,12-16,18-19,21-23,27,29-32,34-35,37-50H2,1-3H3/b11-8-,20-17-,26-24-,28-25-,36-33-/t51-/m1/s1. The maximum atomic E-state index is 12.8. The van der Waals surface area contributed by atoms with Crippen LogP contribution in [0.2, 0.25) is 0 Å². The summed E-state index contributed by atoms with van der Waals surface area (Å²) in [7, 11) is 0. The molecule has 0 aliphatic carbocycles. The fourth-order valence-electron chi connectivity index (χ4n) is 6.96. The molecule has 0 aliphatic rings. The van der Waals surface area contributed by atoms with E-state index in [1.165, 1.54) is 122 Å². The molecule has 60 heavy (non-hydrogen) atoms. The van der Waals surface area contributed by atoms with Crippen molar-refractivity contribution < 1.29 is 28.6 Å². The molecule has 0 aliphatic heterocycles. The van der Waals surface area contributed by atoms with Gasteiger partial charge in [0, 0.05) is 19.3 Å². The quantitative estimate of drug-likeness (QED) is 0.0263. The van der Waals surface area contributed by atoms with Gasteiger partial charge >= 0.3 is 17.9 Å². The maximum absolute atomic E-state index is 12.8. The summed E-state index contributed by atoms with van der Waals surface area (Å²) in [4.78, 5) is 37.9. The fraction of sp³-hybridized carbons (Fsp3) is 0.759. The van der Waals surface area contributed by atoms with Gasteiger partial charge in [0.1, 0.15) is 13.2 Å². The van der Waals surface area contributed by atoms with Crippen LogP contribution in [0.3, 0.4) is 0 Å². The lowest BCUT2D eigenvalue weighted by Gasteiger charge is -2.18. The van der Waals surface area contributed by atoms with Crippen LogP contribution < -0.4 is 0 Å². The minimum atomic E-state index is -0.794. The molecule has 0 rings (SSSR count). The molecule has 0 spiro atoms. The summed E-state index contributed by atoms with van der Waals surface area (Å²) in [5.74, 6) is -0.936. The Kier molecular flexibility index (Phi) is 46.4. The molecule has 0 fully saturated rings. The highest BCUT2D eigenvalue weighted by molar-refractivity contribution is 5.71. The van der Waals surface area contributed by atoms with Crippen molar-refractivity contribution in [2.75, 3.05) is 13.2 Å². The Bertz CT molecular complexity index is 1100. The third kappa shape index (κ3) is 46.2. The van der Waals surface area contributed by atoms with Gasteiger partial charge in [-0.1, -0.05) is 204 Å². The fourth-order valence-corrected chi connectivity index (χ4v) is 6.96. The number of allylic oxidation sites excluding steroid dienone is 10. The topological polar surface area (TPSA) is 78.9 Å². The lowest BCUT2D eigenvalue weighted by molar-refractivity contribution is -0.167. The van der Waals surface area contributed by atoms with Gasteiger partial charge in [0.05, 0.1) is 0 Å². The first-order valence-corrected chi connectivity index (χ1v) is 25.3. The second kappa shape index (κ2) is 48.8. The lowest BCUT2D eigenvalue weighted by Crippen LogP contribution is -2.30. The van der Waals surface area contributed by atoms with E-state index in [9.17, 15) is 14.4 Å². The van der Waals surface area contributed by atoms with Crippen molar-refractivity contribution in [1.82, 2.24) is 0 Å². The van der Waals surface area contributed by atoms with Crippen LogP contribution in [0.5, 0.6) is 0 Å². The summed E-state index contributed by atoms with van der Waals surface area (Å²) < 4.78 is 16.7. The zero-order valence-corrected chi connectivity index (χ0v) is 39.5. The maximum Gasteiger partial charge on any atom is 0.306 e. The van der Waals surface area contributed by atoms with Gasteiger partial charge in [-0.25, -0.2) is 0 Å². The molecule has 6 heteroatoms. The largest absolute Gasteiger partial charge is 0.462 e. The smallest absolute Gasteiger partial charge is 0.306 e. The molecule has 0 aromatic rings. The van der Waals surface area contributed by atoms with Gasteiger partial charge < -0.3 is 14.2 Å². The molecule has 0 N–H and O–H groups in total. The zero-order chi connectivity index (χ0) is 43.7. The van der Waals surface area contributed by atoms with Crippen molar-refractivity contribution in [3.63, 3.8) is 0 Å². The second-order valence-electron chi connectivity index (χ2n) is 16.7. The highest BCUT2D eigenvalue weighted by Gasteiger charge is 2.19. The molecule has 0 unspecified atom stereocenters. The average molecular weight is 839 g/mol. The van der Waals surface area contributed by atoms with Crippen molar-refractivity contribution in [2.24, 2.45) is 0 Å². The summed E-state index contributed by atoms with van der Waals surface area (Å²) in [6.07, 6.45) is 59.2. The van der Waals surface area contributed by atoms with E-state index in [4.69, 9.17) is 14.2 Å². The van der Waals surface area contributed by atoms with Gasteiger partial charge in [0.25, 0.3) is 0 Å². The van der Waals surface area contributed by atoms with Gasteiger partial charge in [0.2, 0.25) is 0 Å². The molecule has 0 amide bonds. The third-order valence-electron chi connectivity index (χ3n) is 10.8. The molecular weight excluding hydrogens is 745 g/mol. The minimum Gasteiger partial charge on any atom is -0.462 e. The van der Waals surface area contributed by atoms with E-state index >= 15 is 0 Å². The molecule has 0 heterocycles. The van der Waals surface area contributed by atoms with Crippen LogP contribution in [0.25, 0.3) is 0 Å². The zero-order valence-electron chi connectivity index (χ0n) is 39.5. The molecule has 0 saturated heterocycles. The number of ether oxygens (including phenoxy) is 3. The number of carbonyl (C=O) groups is 3. The van der Waals surface area contributed by atoms with E-state index in [2.05, 4.69) is 81.5 Å². The normalized spacial score (nSPS) is 12.5. The van der Waals surface area contributed by atoms with E-state index in [0.29, 0.717) is 19.3 Å². The summed E-state index contributed by atoms with van der Waals surface area (Å²) in [6, 6.07) is 0. The van der Waals surface area contributed by atoms with Crippen LogP contribution in [0.1, 0.15) is 245 Å². The highest BCUT2D eigenvalue weighted by Crippen LogP contribution is 2.14. The van der Waals surface area contributed by atoms with Crippen LogP contribution in [-0.2, 0) is 28.6 Å². The Labute approximate surface area is 370 Å². The van der Waals surface area contributed by atoms with Crippen molar-refractivity contribution in [3.8, 4) is 0 Å². The Morgan fingerprint density at radius 3 is 1.07 bits per heavy atom. The van der Waals surface area contributed by atoms with Crippen molar-refractivity contribution in [2.45, 2.75) is 252 Å². The Hall–Kier alpha value is -2.89. The number of hydrogen-bond donors (Lipinski definition) is 0. The SMILES string of the molecule is CC/C=C\C/C=C\C/C=C\C/C=C\CCCCC(=O)O[C@@H](COC(=O)CCCCCCCCC/C=C\CCCCCCCC)COC(=O)CCCCCCCCCCCC. The van der Waals surface area contributed by atoms with E-state index in [1.807, 2.05) is 0 Å². The van der Waals surface area contributed by atoms with Crippen LogP contribution in [0, 0.1) is 0 Å². The van der Waals surface area contributed by atoms with E-state index < -0.39 is 6.10 Å². The first-order chi connectivity index (χ1) is 29.5. The number of rotatable bonds is 45. The van der Waals surface area contributed by atoms with Crippen LogP contribution in [0.15, 0.2) is 60.8 Å². The first kappa shape index (κ1) is 57.1. The molecule has 0 bridgehead atoms. The predicted octanol–water partition coefficient (Wildman–Crippen LogP) is 16.5. The number of carbonyl (C=O) groups excluding carboxylic acids is 3. The lowest BCUT2D eigenvalue weighted by atomic mass is 10.1. The van der Waals surface area contributed by atoms with Crippen LogP contribution in [-0.4, -0.2) is 37.2 Å². The summed E-state index contributed by atoms with van der Waals surface area (Å²) in [5, 5.41) is 0. The summed E-state index contributed by atoms with van der Waals surface area (Å²) >= 11 is 0. The first-order valence-electron chi connectivity index (χ1n) is 25.3. The molecule has 0 aromatic heterocycles. The van der Waals surface area contributed by atoms with Crippen molar-refractivity contribution in [3.05, 3.63) is 60.8 Å². The number of hydrogen-bond acceptors (Lipinski definition) is 6. The second-order valence-corrected chi connectivity index (χ2v) is 16.7. The van der Waals surface area contributed by atoms with Gasteiger partial charge in [-0.2, -0.15) is 0 Å². The number of unbranched alkanes of at least 4 members (excludes halogenated alkanes) is 24. The molecule has 0 aromatic carbocycles. The molecule has 346 valence electrons. The van der Waals surface area contributed by atoms with Crippen molar-refractivity contribution in [1.29, 1.82) is 0 Å². The number of esters is 3. The molecule has 6 nitrogen and oxygen atoms in total. The van der Waals surface area contributed by atoms with Gasteiger partial charge in [-0.05, 0) is 83.5 Å². The minimum absolute atomic E-state index is 0.0908. The van der Waals surface area contributed by atoms with Gasteiger partial charge in [-0.3, -0.25) is 14.4 Å². The third-order valence-corrected chi connectivity index (χ3v) is 10.8. The van der Waals surface area contributed by atoms with Crippen molar-refractivity contribution >= 4 is 17.9 Å². The van der Waals surface area contributed by atoms with Gasteiger partial charge in [0.15, 0.2) is 6.10 Å². The summed E-state index contributed by atoms with van der Waals surface area (Å²) in [6.45, 7) is 6.47. The molecule has 0 radical (unpaired) electrons. The Morgan fingerprint density at radius 1 is 0.350 bits per heavy atom. The Balaban J connectivity index is 4.41. The van der Waals surface area contributed by atoms with E-state index in [1.54, 1.807) is 0 Å². The molecular formula is C54H94O6. The van der Waals surface area contributed by atoms with E-state index in [-0.39, 0.29) is 37.5 Å². The van der Waals surface area contributed by atoms with Crippen LogP contribution >= 0.6 is 0 Å². The monoisotopic (exact) mass is 839 g/mol. The summed E-state index contributed by atoms with van der Waals surface area (Å²) in [5.41, 5.74) is 0. The van der Waals surface area contributed by atoms with E-state index in [0.717, 1.165) is 77.0 Å².